The van der Waals surface area contributed by atoms with Crippen molar-refractivity contribution in [1.82, 2.24) is 0 Å². The smallest absolute Gasteiger partial charge is 0.126 e. The van der Waals surface area contributed by atoms with Gasteiger partial charge in [0.2, 0.25) is 0 Å². The zero-order valence-corrected chi connectivity index (χ0v) is 29.7. The summed E-state index contributed by atoms with van der Waals surface area (Å²) >= 11 is 1.73. The third kappa shape index (κ3) is 8.59. The van der Waals surface area contributed by atoms with Crippen molar-refractivity contribution in [3.63, 3.8) is 0 Å². The number of nitrogens with zero attached hydrogens (tertiary/aromatic N) is 1. The average Bonchev–Trinajstić information content (AvgIpc) is 3.57. The molecule has 0 atom stereocenters. The summed E-state index contributed by atoms with van der Waals surface area (Å²) in [7, 11) is 1.71. The van der Waals surface area contributed by atoms with Crippen LogP contribution in [-0.4, -0.2) is 19.1 Å². The van der Waals surface area contributed by atoms with Gasteiger partial charge in [0.15, 0.2) is 0 Å². The van der Waals surface area contributed by atoms with E-state index in [9.17, 15) is 0 Å². The predicted octanol–water partition coefficient (Wildman–Crippen LogP) is 12.1. The van der Waals surface area contributed by atoms with Gasteiger partial charge in [0.25, 0.3) is 0 Å². The minimum atomic E-state index is 0.484. The summed E-state index contributed by atoms with van der Waals surface area (Å²) in [6.07, 6.45) is 4.84. The second-order valence-electron chi connectivity index (χ2n) is 11.8. The standard InChI is InChI=1S/C25H21N3S.C14H14.C7H8/c1-3-16(13-14-26)19-10-11-20(25(27)28-2)23-21-15-18(17-7-5-4-6-8-17)9-12-22(21)29-24(19)23;1-12(13-8-4-2-5-9-13)14-10-6-3-7-11-14;1-7-5-3-2-4-6-7/h3-15,26H,1H2,2H3,(H2,27,28);2-12H,1H3;2-6H,1H3/b16-13+,26-14?;;. The quantitative estimate of drug-likeness (QED) is 0.0990. The summed E-state index contributed by atoms with van der Waals surface area (Å²) in [5.74, 6) is 1.000. The molecule has 3 N–H and O–H groups in total. The normalized spacial score (nSPS) is 11.4. The highest BCUT2D eigenvalue weighted by molar-refractivity contribution is 7.26. The molecule has 7 rings (SSSR count). The Hall–Kier alpha value is -5.84. The van der Waals surface area contributed by atoms with Crippen molar-refractivity contribution in [2.45, 2.75) is 19.8 Å². The number of hydrogen-bond acceptors (Lipinski definition) is 3. The highest BCUT2D eigenvalue weighted by atomic mass is 32.1. The number of allylic oxidation sites excluding steroid dienone is 3. The lowest BCUT2D eigenvalue weighted by Gasteiger charge is -2.11. The number of thiophene rings is 1. The highest BCUT2D eigenvalue weighted by Crippen LogP contribution is 2.42. The third-order valence-corrected chi connectivity index (χ3v) is 9.78. The van der Waals surface area contributed by atoms with Crippen molar-refractivity contribution in [1.29, 1.82) is 5.41 Å². The van der Waals surface area contributed by atoms with E-state index in [1.807, 2.05) is 36.4 Å². The fraction of sp³-hybridized carbons (Fsp3) is 0.0870. The molecule has 7 aromatic rings. The van der Waals surface area contributed by atoms with Crippen LogP contribution in [0.3, 0.4) is 0 Å². The van der Waals surface area contributed by atoms with E-state index in [1.165, 1.54) is 38.7 Å². The van der Waals surface area contributed by atoms with Gasteiger partial charge in [-0.2, -0.15) is 0 Å². The molecule has 0 amide bonds. The van der Waals surface area contributed by atoms with Gasteiger partial charge in [0, 0.05) is 44.9 Å². The second kappa shape index (κ2) is 17.5. The van der Waals surface area contributed by atoms with E-state index in [1.54, 1.807) is 30.5 Å². The van der Waals surface area contributed by atoms with Crippen molar-refractivity contribution in [3.8, 4) is 11.1 Å². The van der Waals surface area contributed by atoms with Crippen LogP contribution in [0.4, 0.5) is 0 Å². The van der Waals surface area contributed by atoms with Crippen LogP contribution >= 0.6 is 11.3 Å². The van der Waals surface area contributed by atoms with E-state index >= 15 is 0 Å². The molecule has 0 aliphatic heterocycles. The monoisotopic (exact) mass is 669 g/mol. The molecule has 1 heterocycles. The SMILES string of the molecule is C=C/C(=C\C=N)c1ccc(C(N)=NC)c2c1sc1ccc(-c3ccccc3)cc12.CC(c1ccccc1)c1ccccc1.Cc1ccccc1. The number of hydrogen-bond donors (Lipinski definition) is 2. The van der Waals surface area contributed by atoms with Crippen LogP contribution in [0.25, 0.3) is 36.9 Å². The molecule has 4 heteroatoms. The summed E-state index contributed by atoms with van der Waals surface area (Å²) < 4.78 is 2.32. The van der Waals surface area contributed by atoms with Crippen LogP contribution in [0.15, 0.2) is 175 Å². The number of fused-ring (bicyclic) bond motifs is 3. The zero-order valence-electron chi connectivity index (χ0n) is 28.9. The van der Waals surface area contributed by atoms with Gasteiger partial charge in [-0.1, -0.05) is 159 Å². The summed E-state index contributed by atoms with van der Waals surface area (Å²) in [6, 6.07) is 52.4. The molecular formula is C46H43N3S. The Bertz CT molecular complexity index is 2180. The van der Waals surface area contributed by atoms with Gasteiger partial charge >= 0.3 is 0 Å². The van der Waals surface area contributed by atoms with Gasteiger partial charge in [-0.05, 0) is 64.6 Å². The lowest BCUT2D eigenvalue weighted by molar-refractivity contribution is 0.922. The first-order valence-corrected chi connectivity index (χ1v) is 17.5. The van der Waals surface area contributed by atoms with Crippen LogP contribution in [0.1, 0.15) is 40.7 Å². The van der Waals surface area contributed by atoms with Gasteiger partial charge in [0.1, 0.15) is 5.84 Å². The molecule has 1 aromatic heterocycles. The number of amidine groups is 1. The Labute approximate surface area is 300 Å². The lowest BCUT2D eigenvalue weighted by atomic mass is 9.93. The summed E-state index contributed by atoms with van der Waals surface area (Å²) in [4.78, 5) is 4.23. The van der Waals surface area contributed by atoms with Gasteiger partial charge in [-0.15, -0.1) is 11.3 Å². The molecule has 0 spiro atoms. The van der Waals surface area contributed by atoms with E-state index in [0.29, 0.717) is 11.8 Å². The zero-order chi connectivity index (χ0) is 35.3. The maximum atomic E-state index is 7.48. The largest absolute Gasteiger partial charge is 0.383 e. The lowest BCUT2D eigenvalue weighted by Crippen LogP contribution is -2.13. The van der Waals surface area contributed by atoms with E-state index in [2.05, 4.69) is 141 Å². The van der Waals surface area contributed by atoms with E-state index in [4.69, 9.17) is 11.1 Å². The number of nitrogens with one attached hydrogen (secondary N) is 1. The first-order valence-electron chi connectivity index (χ1n) is 16.7. The molecule has 248 valence electrons. The second-order valence-corrected chi connectivity index (χ2v) is 12.9. The number of aryl methyl sites for hydroxylation is 1. The van der Waals surface area contributed by atoms with Crippen molar-refractivity contribution in [2.75, 3.05) is 7.05 Å². The Kier molecular flexibility index (Phi) is 12.4. The van der Waals surface area contributed by atoms with Gasteiger partial charge in [-0.25, -0.2) is 0 Å². The highest BCUT2D eigenvalue weighted by Gasteiger charge is 2.17. The minimum Gasteiger partial charge on any atom is -0.383 e. The molecule has 0 saturated heterocycles. The van der Waals surface area contributed by atoms with Gasteiger partial charge in [0.05, 0.1) is 0 Å². The number of rotatable bonds is 7. The summed E-state index contributed by atoms with van der Waals surface area (Å²) in [5, 5.41) is 9.74. The molecule has 0 radical (unpaired) electrons. The summed E-state index contributed by atoms with van der Waals surface area (Å²) in [5.41, 5.74) is 15.6. The van der Waals surface area contributed by atoms with Gasteiger partial charge < -0.3 is 11.1 Å². The molecule has 0 aliphatic rings. The topological polar surface area (TPSA) is 62.2 Å². The fourth-order valence-electron chi connectivity index (χ4n) is 5.82. The Morgan fingerprint density at radius 2 is 1.26 bits per heavy atom. The van der Waals surface area contributed by atoms with Crippen LogP contribution in [0, 0.1) is 12.3 Å². The van der Waals surface area contributed by atoms with E-state index < -0.39 is 0 Å². The maximum Gasteiger partial charge on any atom is 0.126 e. The summed E-state index contributed by atoms with van der Waals surface area (Å²) in [6.45, 7) is 8.25. The fourth-order valence-corrected chi connectivity index (χ4v) is 7.06. The molecule has 0 aliphatic carbocycles. The first-order chi connectivity index (χ1) is 24.4. The molecule has 3 nitrogen and oxygen atoms in total. The first kappa shape index (κ1) is 35.5. The van der Waals surface area contributed by atoms with E-state index in [-0.39, 0.29) is 0 Å². The van der Waals surface area contributed by atoms with Crippen LogP contribution < -0.4 is 5.73 Å². The number of benzene rings is 6. The maximum absolute atomic E-state index is 7.48. The molecule has 0 saturated carbocycles. The number of aliphatic imine (C=N–C) groups is 1. The minimum absolute atomic E-state index is 0.484. The Balaban J connectivity index is 0.000000189. The Morgan fingerprint density at radius 3 is 1.76 bits per heavy atom. The van der Waals surface area contributed by atoms with Crippen molar-refractivity contribution in [3.05, 3.63) is 198 Å². The number of nitrogens with two attached hydrogens (primary N) is 1. The van der Waals surface area contributed by atoms with Crippen LogP contribution in [-0.2, 0) is 0 Å². The third-order valence-electron chi connectivity index (χ3n) is 8.58. The molecular weight excluding hydrogens is 627 g/mol. The van der Waals surface area contributed by atoms with Crippen molar-refractivity contribution < 1.29 is 0 Å². The molecule has 0 fully saturated rings. The predicted molar refractivity (Wildman–Crippen MR) is 220 cm³/mol. The molecule has 0 bridgehead atoms. The Morgan fingerprint density at radius 1 is 0.720 bits per heavy atom. The molecule has 50 heavy (non-hydrogen) atoms. The average molecular weight is 670 g/mol. The van der Waals surface area contributed by atoms with Crippen LogP contribution in [0.2, 0.25) is 0 Å². The van der Waals surface area contributed by atoms with E-state index in [0.717, 1.165) is 32.2 Å². The molecule has 0 unspecified atom stereocenters. The van der Waals surface area contributed by atoms with Crippen LogP contribution in [0.5, 0.6) is 0 Å². The molecule has 6 aromatic carbocycles. The van der Waals surface area contributed by atoms with Crippen molar-refractivity contribution >= 4 is 49.1 Å². The van der Waals surface area contributed by atoms with Gasteiger partial charge in [-0.3, -0.25) is 4.99 Å². The van der Waals surface area contributed by atoms with Crippen molar-refractivity contribution in [2.24, 2.45) is 10.7 Å².